The zero-order chi connectivity index (χ0) is 21.7. The Morgan fingerprint density at radius 1 is 1.00 bits per heavy atom. The quantitative estimate of drug-likeness (QED) is 0.375. The number of oxazole rings is 1. The molecule has 0 spiro atoms. The third-order valence-electron chi connectivity index (χ3n) is 6.48. The number of piperidine rings is 1. The minimum absolute atomic E-state index is 0.263. The van der Waals surface area contributed by atoms with Crippen molar-refractivity contribution < 1.29 is 8.81 Å². The second kappa shape index (κ2) is 7.94. The first-order chi connectivity index (χ1) is 15.7. The highest BCUT2D eigenvalue weighted by atomic mass is 32.1. The maximum atomic E-state index is 14.5. The number of para-hydroxylation sites is 2. The molecule has 32 heavy (non-hydrogen) atoms. The van der Waals surface area contributed by atoms with Crippen molar-refractivity contribution in [3.63, 3.8) is 0 Å². The lowest BCUT2D eigenvalue weighted by Gasteiger charge is -2.30. The molecule has 0 radical (unpaired) electrons. The molecule has 6 rings (SSSR count). The first-order valence-corrected chi connectivity index (χ1v) is 11.6. The maximum Gasteiger partial charge on any atom is 0.199 e. The van der Waals surface area contributed by atoms with Crippen LogP contribution in [0.15, 0.2) is 52.9 Å². The predicted molar refractivity (Wildman–Crippen MR) is 122 cm³/mol. The van der Waals surface area contributed by atoms with Gasteiger partial charge >= 0.3 is 0 Å². The molecule has 164 valence electrons. The van der Waals surface area contributed by atoms with Gasteiger partial charge in [0.05, 0.1) is 12.2 Å². The van der Waals surface area contributed by atoms with E-state index in [9.17, 15) is 4.39 Å². The van der Waals surface area contributed by atoms with Crippen LogP contribution < -0.4 is 0 Å². The van der Waals surface area contributed by atoms with E-state index >= 15 is 0 Å². The summed E-state index contributed by atoms with van der Waals surface area (Å²) in [5.74, 6) is 1.53. The standard InChI is InChI=1S/C24H24FN5OS/c25-19-6-2-1-5-18(19)22-27-29(24(32)30(22)17-9-10-17)15-28-13-11-16(12-14-28)23-26-20-7-3-4-8-21(20)31-23/h1-8,16-17H,9-15H2. The first kappa shape index (κ1) is 19.8. The highest BCUT2D eigenvalue weighted by molar-refractivity contribution is 7.71. The molecule has 1 saturated heterocycles. The molecule has 6 nitrogen and oxygen atoms in total. The van der Waals surface area contributed by atoms with E-state index < -0.39 is 0 Å². The van der Waals surface area contributed by atoms with Gasteiger partial charge in [0.25, 0.3) is 0 Å². The van der Waals surface area contributed by atoms with Crippen LogP contribution in [0.25, 0.3) is 22.5 Å². The van der Waals surface area contributed by atoms with E-state index in [0.717, 1.165) is 55.8 Å². The van der Waals surface area contributed by atoms with Gasteiger partial charge in [-0.1, -0.05) is 24.3 Å². The first-order valence-electron chi connectivity index (χ1n) is 11.2. The van der Waals surface area contributed by atoms with Crippen LogP contribution in [0, 0.1) is 10.6 Å². The van der Waals surface area contributed by atoms with Gasteiger partial charge < -0.3 is 4.42 Å². The molecule has 2 aliphatic rings. The third kappa shape index (κ3) is 3.57. The Balaban J connectivity index is 1.20. The van der Waals surface area contributed by atoms with Gasteiger partial charge in [-0.05, 0) is 62.2 Å². The number of rotatable bonds is 5. The van der Waals surface area contributed by atoms with Gasteiger partial charge in [-0.25, -0.2) is 14.1 Å². The molecule has 1 saturated carbocycles. The second-order valence-corrected chi connectivity index (χ2v) is 9.11. The molecule has 2 aromatic carbocycles. The molecule has 0 atom stereocenters. The van der Waals surface area contributed by atoms with E-state index in [0.29, 0.717) is 34.8 Å². The van der Waals surface area contributed by atoms with Crippen molar-refractivity contribution in [1.29, 1.82) is 0 Å². The zero-order valence-corrected chi connectivity index (χ0v) is 18.5. The third-order valence-corrected chi connectivity index (χ3v) is 6.89. The fourth-order valence-corrected chi connectivity index (χ4v) is 4.91. The number of halogens is 1. The molecule has 2 aromatic heterocycles. The Labute approximate surface area is 190 Å². The topological polar surface area (TPSA) is 52.0 Å². The Morgan fingerprint density at radius 3 is 2.50 bits per heavy atom. The minimum atomic E-state index is -0.263. The van der Waals surface area contributed by atoms with E-state index in [1.807, 2.05) is 39.6 Å². The van der Waals surface area contributed by atoms with Gasteiger partial charge in [0, 0.05) is 25.0 Å². The van der Waals surface area contributed by atoms with E-state index in [1.165, 1.54) is 6.07 Å². The maximum absolute atomic E-state index is 14.5. The highest BCUT2D eigenvalue weighted by Crippen LogP contribution is 2.39. The SMILES string of the molecule is Fc1ccccc1-c1nn(CN2CCC(c3nc4ccccc4o3)CC2)c(=S)n1C1CC1. The van der Waals surface area contributed by atoms with Crippen LogP contribution in [0.2, 0.25) is 0 Å². The summed E-state index contributed by atoms with van der Waals surface area (Å²) in [7, 11) is 0. The molecule has 3 heterocycles. The van der Waals surface area contributed by atoms with Crippen molar-refractivity contribution >= 4 is 23.3 Å². The highest BCUT2D eigenvalue weighted by Gasteiger charge is 2.31. The van der Waals surface area contributed by atoms with Crippen LogP contribution >= 0.6 is 12.2 Å². The van der Waals surface area contributed by atoms with Crippen LogP contribution in [0.3, 0.4) is 0 Å². The molecular formula is C24H24FN5OS. The van der Waals surface area contributed by atoms with E-state index in [4.69, 9.17) is 21.7 Å². The van der Waals surface area contributed by atoms with Crippen molar-refractivity contribution in [2.45, 2.75) is 44.3 Å². The largest absolute Gasteiger partial charge is 0.440 e. The van der Waals surface area contributed by atoms with Gasteiger partial charge in [-0.15, -0.1) is 0 Å². The van der Waals surface area contributed by atoms with Crippen molar-refractivity contribution in [2.75, 3.05) is 13.1 Å². The fourth-order valence-electron chi connectivity index (χ4n) is 4.58. The van der Waals surface area contributed by atoms with Crippen molar-refractivity contribution in [3.05, 3.63) is 65.0 Å². The summed E-state index contributed by atoms with van der Waals surface area (Å²) >= 11 is 5.77. The molecule has 0 unspecified atom stereocenters. The van der Waals surface area contributed by atoms with Gasteiger partial charge in [-0.3, -0.25) is 9.47 Å². The van der Waals surface area contributed by atoms with Crippen LogP contribution in [-0.4, -0.2) is 37.3 Å². The zero-order valence-electron chi connectivity index (χ0n) is 17.7. The summed E-state index contributed by atoms with van der Waals surface area (Å²) in [6.07, 6.45) is 4.09. The van der Waals surface area contributed by atoms with Crippen molar-refractivity contribution in [1.82, 2.24) is 24.2 Å². The average Bonchev–Trinajstić information content (AvgIpc) is 3.47. The number of nitrogens with zero attached hydrogens (tertiary/aromatic N) is 5. The average molecular weight is 450 g/mol. The molecule has 1 aliphatic heterocycles. The number of likely N-dealkylation sites (tertiary alicyclic amines) is 1. The van der Waals surface area contributed by atoms with E-state index in [1.54, 1.807) is 12.1 Å². The lowest BCUT2D eigenvalue weighted by Crippen LogP contribution is -2.35. The Morgan fingerprint density at radius 2 is 1.75 bits per heavy atom. The van der Waals surface area contributed by atoms with E-state index in [-0.39, 0.29) is 5.82 Å². The number of benzene rings is 2. The number of hydrogen-bond donors (Lipinski definition) is 0. The summed E-state index contributed by atoms with van der Waals surface area (Å²) in [4.78, 5) is 7.04. The van der Waals surface area contributed by atoms with Crippen molar-refractivity contribution in [2.24, 2.45) is 0 Å². The van der Waals surface area contributed by atoms with Crippen LogP contribution in [-0.2, 0) is 6.67 Å². The van der Waals surface area contributed by atoms with Gasteiger partial charge in [0.15, 0.2) is 22.1 Å². The summed E-state index contributed by atoms with van der Waals surface area (Å²) in [5, 5.41) is 4.77. The Kier molecular flexibility index (Phi) is 4.91. The van der Waals surface area contributed by atoms with Crippen LogP contribution in [0.4, 0.5) is 4.39 Å². The molecule has 1 aliphatic carbocycles. The molecular weight excluding hydrogens is 425 g/mol. The molecule has 4 aromatic rings. The van der Waals surface area contributed by atoms with Crippen LogP contribution in [0.5, 0.6) is 0 Å². The molecule has 0 N–H and O–H groups in total. The predicted octanol–water partition coefficient (Wildman–Crippen LogP) is 5.53. The number of fused-ring (bicyclic) bond motifs is 1. The Hall–Kier alpha value is -2.84. The van der Waals surface area contributed by atoms with Gasteiger partial charge in [0.1, 0.15) is 11.3 Å². The summed E-state index contributed by atoms with van der Waals surface area (Å²) in [6.45, 7) is 2.44. The van der Waals surface area contributed by atoms with Gasteiger partial charge in [0.2, 0.25) is 0 Å². The summed E-state index contributed by atoms with van der Waals surface area (Å²) in [5.41, 5.74) is 2.28. The number of hydrogen-bond acceptors (Lipinski definition) is 5. The summed E-state index contributed by atoms with van der Waals surface area (Å²) in [6, 6.07) is 15.0. The Bertz CT molecular complexity index is 1300. The fraction of sp³-hybridized carbons (Fsp3) is 0.375. The lowest BCUT2D eigenvalue weighted by molar-refractivity contribution is 0.153. The molecule has 0 bridgehead atoms. The summed E-state index contributed by atoms with van der Waals surface area (Å²) < 4.78 is 25.1. The second-order valence-electron chi connectivity index (χ2n) is 8.74. The van der Waals surface area contributed by atoms with Gasteiger partial charge in [-0.2, -0.15) is 5.10 Å². The van der Waals surface area contributed by atoms with Crippen LogP contribution in [0.1, 0.15) is 43.5 Å². The normalized spacial score (nSPS) is 17.9. The van der Waals surface area contributed by atoms with E-state index in [2.05, 4.69) is 9.88 Å². The smallest absolute Gasteiger partial charge is 0.199 e. The lowest BCUT2D eigenvalue weighted by atomic mass is 9.97. The minimum Gasteiger partial charge on any atom is -0.440 e. The number of aromatic nitrogens is 4. The molecule has 0 amide bonds. The molecule has 8 heteroatoms. The monoisotopic (exact) mass is 449 g/mol. The van der Waals surface area contributed by atoms with Crippen molar-refractivity contribution in [3.8, 4) is 11.4 Å². The molecule has 2 fully saturated rings.